The van der Waals surface area contributed by atoms with Crippen LogP contribution in [0.15, 0.2) is 24.4 Å². The minimum absolute atomic E-state index is 0.0716. The molecule has 0 unspecified atom stereocenters. The highest BCUT2D eigenvalue weighted by molar-refractivity contribution is 5.79. The number of aromatic amines is 1. The molecule has 1 heterocycles. The number of benzene rings is 1. The molecule has 0 atom stereocenters. The fourth-order valence-corrected chi connectivity index (χ4v) is 1.43. The van der Waals surface area contributed by atoms with E-state index in [1.165, 1.54) is 0 Å². The first-order valence-electron chi connectivity index (χ1n) is 4.98. The first kappa shape index (κ1) is 9.71. The number of hydrogen-bond acceptors (Lipinski definition) is 2. The Morgan fingerprint density at radius 3 is 3.20 bits per heavy atom. The van der Waals surface area contributed by atoms with Crippen molar-refractivity contribution in [3.63, 3.8) is 0 Å². The van der Waals surface area contributed by atoms with Crippen LogP contribution in [0.4, 0.5) is 0 Å². The molecule has 78 valence electrons. The first-order chi connectivity index (χ1) is 7.29. The summed E-state index contributed by atoms with van der Waals surface area (Å²) in [6.07, 6.45) is 2.30. The van der Waals surface area contributed by atoms with Gasteiger partial charge in [-0.25, -0.2) is 0 Å². The molecule has 0 aliphatic heterocycles. The van der Waals surface area contributed by atoms with Crippen LogP contribution in [0.2, 0.25) is 0 Å². The molecule has 2 rings (SSSR count). The van der Waals surface area contributed by atoms with Gasteiger partial charge in [-0.15, -0.1) is 0 Å². The van der Waals surface area contributed by atoms with Crippen molar-refractivity contribution in [3.05, 3.63) is 30.0 Å². The van der Waals surface area contributed by atoms with E-state index in [4.69, 9.17) is 0 Å². The summed E-state index contributed by atoms with van der Waals surface area (Å²) < 4.78 is 0. The fraction of sp³-hybridized carbons (Fsp3) is 0.273. The summed E-state index contributed by atoms with van der Waals surface area (Å²) in [4.78, 5) is 11.1. The van der Waals surface area contributed by atoms with Gasteiger partial charge in [0.2, 0.25) is 5.91 Å². The number of H-pyrrole nitrogens is 1. The third-order valence-electron chi connectivity index (χ3n) is 2.32. The molecule has 0 fully saturated rings. The Morgan fingerprint density at radius 2 is 2.40 bits per heavy atom. The van der Waals surface area contributed by atoms with Crippen LogP contribution in [0.25, 0.3) is 10.9 Å². The summed E-state index contributed by atoms with van der Waals surface area (Å²) in [5, 5.41) is 10.7. The molecular weight excluding hydrogens is 190 g/mol. The number of carbonyl (C=O) groups is 1. The van der Waals surface area contributed by atoms with E-state index in [1.54, 1.807) is 6.20 Å². The van der Waals surface area contributed by atoms with E-state index in [2.05, 4.69) is 15.5 Å². The number of fused-ring (bicyclic) bond motifs is 1. The molecule has 4 heteroatoms. The zero-order chi connectivity index (χ0) is 10.7. The van der Waals surface area contributed by atoms with Crippen molar-refractivity contribution in [1.29, 1.82) is 0 Å². The van der Waals surface area contributed by atoms with Gasteiger partial charge in [-0.3, -0.25) is 9.89 Å². The summed E-state index contributed by atoms with van der Waals surface area (Å²) in [5.74, 6) is 0.0716. The van der Waals surface area contributed by atoms with Crippen LogP contribution in [0.3, 0.4) is 0 Å². The Balaban J connectivity index is 2.11. The number of nitrogens with one attached hydrogen (secondary N) is 2. The minimum atomic E-state index is 0.0716. The van der Waals surface area contributed by atoms with E-state index < -0.39 is 0 Å². The number of carbonyl (C=O) groups excluding carboxylic acids is 1. The lowest BCUT2D eigenvalue weighted by Gasteiger charge is -2.03. The summed E-state index contributed by atoms with van der Waals surface area (Å²) in [5.41, 5.74) is 2.10. The standard InChI is InChI=1S/C11H13N3O/c1-2-11(15)12-6-8-3-4-10-9(5-8)7-13-14-10/h3-5,7H,2,6H2,1H3,(H,12,15)(H,13,14). The van der Waals surface area contributed by atoms with Crippen LogP contribution in [-0.4, -0.2) is 16.1 Å². The average Bonchev–Trinajstić information content (AvgIpc) is 2.72. The molecule has 1 amide bonds. The minimum Gasteiger partial charge on any atom is -0.352 e. The smallest absolute Gasteiger partial charge is 0.219 e. The van der Waals surface area contributed by atoms with Crippen molar-refractivity contribution >= 4 is 16.8 Å². The summed E-state index contributed by atoms with van der Waals surface area (Å²) in [6, 6.07) is 5.97. The Kier molecular flexibility index (Phi) is 2.67. The molecule has 2 N–H and O–H groups in total. The fourth-order valence-electron chi connectivity index (χ4n) is 1.43. The molecule has 0 aliphatic rings. The van der Waals surface area contributed by atoms with Crippen molar-refractivity contribution in [3.8, 4) is 0 Å². The first-order valence-corrected chi connectivity index (χ1v) is 4.98. The van der Waals surface area contributed by atoms with Crippen molar-refractivity contribution in [1.82, 2.24) is 15.5 Å². The molecule has 15 heavy (non-hydrogen) atoms. The number of rotatable bonds is 3. The van der Waals surface area contributed by atoms with Crippen LogP contribution >= 0.6 is 0 Å². The lowest BCUT2D eigenvalue weighted by molar-refractivity contribution is -0.120. The van der Waals surface area contributed by atoms with Gasteiger partial charge in [0.25, 0.3) is 0 Å². The maximum atomic E-state index is 11.1. The molecule has 1 aromatic heterocycles. The summed E-state index contributed by atoms with van der Waals surface area (Å²) >= 11 is 0. The van der Waals surface area contributed by atoms with Gasteiger partial charge < -0.3 is 5.32 Å². The molecule has 1 aromatic carbocycles. The summed E-state index contributed by atoms with van der Waals surface area (Å²) in [6.45, 7) is 2.42. The molecule has 0 spiro atoms. The highest BCUT2D eigenvalue weighted by Gasteiger charge is 2.00. The van der Waals surface area contributed by atoms with Gasteiger partial charge in [-0.1, -0.05) is 13.0 Å². The third kappa shape index (κ3) is 2.15. The molecule has 0 aliphatic carbocycles. The molecular formula is C11H13N3O. The largest absolute Gasteiger partial charge is 0.352 e. The van der Waals surface area contributed by atoms with E-state index in [0.29, 0.717) is 13.0 Å². The van der Waals surface area contributed by atoms with Crippen LogP contribution in [0, 0.1) is 0 Å². The van der Waals surface area contributed by atoms with Crippen LogP contribution < -0.4 is 5.32 Å². The van der Waals surface area contributed by atoms with Gasteiger partial charge >= 0.3 is 0 Å². The summed E-state index contributed by atoms with van der Waals surface area (Å²) in [7, 11) is 0. The average molecular weight is 203 g/mol. The number of hydrogen-bond donors (Lipinski definition) is 2. The van der Waals surface area contributed by atoms with Gasteiger partial charge in [0.05, 0.1) is 11.7 Å². The normalized spacial score (nSPS) is 10.5. The van der Waals surface area contributed by atoms with Gasteiger partial charge in [0.15, 0.2) is 0 Å². The van der Waals surface area contributed by atoms with Crippen LogP contribution in [0.5, 0.6) is 0 Å². The Morgan fingerprint density at radius 1 is 1.53 bits per heavy atom. The van der Waals surface area contributed by atoms with E-state index in [0.717, 1.165) is 16.5 Å². The molecule has 0 saturated carbocycles. The second-order valence-corrected chi connectivity index (χ2v) is 3.42. The van der Waals surface area contributed by atoms with Crippen molar-refractivity contribution in [2.45, 2.75) is 19.9 Å². The molecule has 4 nitrogen and oxygen atoms in total. The number of aromatic nitrogens is 2. The zero-order valence-electron chi connectivity index (χ0n) is 8.58. The SMILES string of the molecule is CCC(=O)NCc1ccc2[nH]ncc2c1. The maximum absolute atomic E-state index is 11.1. The highest BCUT2D eigenvalue weighted by atomic mass is 16.1. The second kappa shape index (κ2) is 4.13. The lowest BCUT2D eigenvalue weighted by Crippen LogP contribution is -2.21. The predicted molar refractivity (Wildman–Crippen MR) is 58.2 cm³/mol. The predicted octanol–water partition coefficient (Wildman–Crippen LogP) is 1.59. The van der Waals surface area contributed by atoms with Gasteiger partial charge in [0, 0.05) is 18.4 Å². The Labute approximate surface area is 87.7 Å². The highest BCUT2D eigenvalue weighted by Crippen LogP contribution is 2.12. The quantitative estimate of drug-likeness (QED) is 0.795. The van der Waals surface area contributed by atoms with E-state index >= 15 is 0 Å². The zero-order valence-corrected chi connectivity index (χ0v) is 8.58. The van der Waals surface area contributed by atoms with Crippen LogP contribution in [0.1, 0.15) is 18.9 Å². The van der Waals surface area contributed by atoms with Gasteiger partial charge in [0.1, 0.15) is 0 Å². The van der Waals surface area contributed by atoms with Crippen molar-refractivity contribution in [2.24, 2.45) is 0 Å². The van der Waals surface area contributed by atoms with Crippen LogP contribution in [-0.2, 0) is 11.3 Å². The Bertz CT molecular complexity index is 475. The van der Waals surface area contributed by atoms with E-state index in [1.807, 2.05) is 25.1 Å². The Hall–Kier alpha value is -1.84. The van der Waals surface area contributed by atoms with Gasteiger partial charge in [-0.2, -0.15) is 5.10 Å². The number of nitrogens with zero attached hydrogens (tertiary/aromatic N) is 1. The van der Waals surface area contributed by atoms with E-state index in [9.17, 15) is 4.79 Å². The maximum Gasteiger partial charge on any atom is 0.219 e. The molecule has 0 saturated heterocycles. The molecule has 0 radical (unpaired) electrons. The lowest BCUT2D eigenvalue weighted by atomic mass is 10.1. The third-order valence-corrected chi connectivity index (χ3v) is 2.32. The monoisotopic (exact) mass is 203 g/mol. The van der Waals surface area contributed by atoms with E-state index in [-0.39, 0.29) is 5.91 Å². The topological polar surface area (TPSA) is 57.8 Å². The number of amides is 1. The van der Waals surface area contributed by atoms with Gasteiger partial charge in [-0.05, 0) is 17.7 Å². The van der Waals surface area contributed by atoms with Crippen molar-refractivity contribution in [2.75, 3.05) is 0 Å². The second-order valence-electron chi connectivity index (χ2n) is 3.42. The molecule has 2 aromatic rings. The molecule has 0 bridgehead atoms. The van der Waals surface area contributed by atoms with Crippen molar-refractivity contribution < 1.29 is 4.79 Å².